The van der Waals surface area contributed by atoms with Crippen molar-refractivity contribution in [3.63, 3.8) is 0 Å². The molecule has 0 unspecified atom stereocenters. The minimum absolute atomic E-state index is 0.978. The van der Waals surface area contributed by atoms with Crippen LogP contribution >= 0.6 is 0 Å². The van der Waals surface area contributed by atoms with Gasteiger partial charge in [0.05, 0.1) is 6.33 Å². The molecule has 0 amide bonds. The molecule has 0 aliphatic heterocycles. The summed E-state index contributed by atoms with van der Waals surface area (Å²) in [4.78, 5) is 6.36. The number of hydrogen-bond acceptors (Lipinski definition) is 3. The van der Waals surface area contributed by atoms with Crippen molar-refractivity contribution in [2.24, 2.45) is 0 Å². The molecule has 0 aliphatic carbocycles. The summed E-state index contributed by atoms with van der Waals surface area (Å²) in [6, 6.07) is 8.60. The molecule has 0 aliphatic rings. The summed E-state index contributed by atoms with van der Waals surface area (Å²) in [7, 11) is 4.12. The minimum atomic E-state index is 0.978. The molecule has 0 radical (unpaired) electrons. The van der Waals surface area contributed by atoms with Crippen molar-refractivity contribution in [2.45, 2.75) is 6.54 Å². The van der Waals surface area contributed by atoms with Gasteiger partial charge in [0.25, 0.3) is 0 Å². The fourth-order valence-electron chi connectivity index (χ4n) is 1.88. The largest absolute Gasteiger partial charge is 0.318 e. The van der Waals surface area contributed by atoms with Gasteiger partial charge in [0.15, 0.2) is 0 Å². The molecular weight excluding hydrogens is 224 g/mol. The van der Waals surface area contributed by atoms with E-state index in [9.17, 15) is 0 Å². The topological polar surface area (TPSA) is 33.1 Å². The van der Waals surface area contributed by atoms with Crippen molar-refractivity contribution in [3.8, 4) is 5.69 Å². The first-order chi connectivity index (χ1) is 8.79. The molecule has 0 atom stereocenters. The summed E-state index contributed by atoms with van der Waals surface area (Å²) in [5.74, 6) is 0. The highest BCUT2D eigenvalue weighted by Gasteiger charge is 2.00. The Bertz CT molecular complexity index is 447. The van der Waals surface area contributed by atoms with E-state index < -0.39 is 0 Å². The predicted octanol–water partition coefficient (Wildman–Crippen LogP) is 1.52. The summed E-state index contributed by atoms with van der Waals surface area (Å²) in [5, 5.41) is 3.16. The zero-order chi connectivity index (χ0) is 12.8. The Hall–Kier alpha value is -1.65. The van der Waals surface area contributed by atoms with Gasteiger partial charge in [-0.1, -0.05) is 12.1 Å². The number of benzene rings is 1. The predicted molar refractivity (Wildman–Crippen MR) is 73.8 cm³/mol. The Kier molecular flexibility index (Phi) is 4.50. The standard InChI is InChI=1S/C14H20N4/c1-15-7-9-17(2)11-13-3-5-14(6-4-13)18-10-8-16-12-18/h3-6,8,10,12,15H,7,9,11H2,1-2H3. The van der Waals surface area contributed by atoms with Crippen LogP contribution in [0.5, 0.6) is 0 Å². The second kappa shape index (κ2) is 6.33. The van der Waals surface area contributed by atoms with Gasteiger partial charge >= 0.3 is 0 Å². The number of imidazole rings is 1. The lowest BCUT2D eigenvalue weighted by Gasteiger charge is -2.16. The number of hydrogen-bond donors (Lipinski definition) is 1. The molecule has 18 heavy (non-hydrogen) atoms. The molecule has 96 valence electrons. The van der Waals surface area contributed by atoms with Crippen molar-refractivity contribution in [1.29, 1.82) is 0 Å². The van der Waals surface area contributed by atoms with Gasteiger partial charge < -0.3 is 14.8 Å². The molecule has 1 aromatic carbocycles. The zero-order valence-electron chi connectivity index (χ0n) is 11.0. The zero-order valence-corrected chi connectivity index (χ0v) is 11.0. The van der Waals surface area contributed by atoms with Gasteiger partial charge in [-0.2, -0.15) is 0 Å². The molecule has 0 fully saturated rings. The molecule has 1 N–H and O–H groups in total. The monoisotopic (exact) mass is 244 g/mol. The first-order valence-electron chi connectivity index (χ1n) is 6.20. The summed E-state index contributed by atoms with van der Waals surface area (Å²) in [6.45, 7) is 3.05. The first kappa shape index (κ1) is 12.8. The third kappa shape index (κ3) is 3.42. The average Bonchev–Trinajstić information content (AvgIpc) is 2.91. The van der Waals surface area contributed by atoms with E-state index in [4.69, 9.17) is 0 Å². The summed E-state index contributed by atoms with van der Waals surface area (Å²) < 4.78 is 2.01. The maximum atomic E-state index is 4.05. The van der Waals surface area contributed by atoms with E-state index >= 15 is 0 Å². The van der Waals surface area contributed by atoms with Crippen molar-refractivity contribution in [1.82, 2.24) is 19.8 Å². The van der Waals surface area contributed by atoms with Crippen LogP contribution in [0.1, 0.15) is 5.56 Å². The maximum absolute atomic E-state index is 4.05. The van der Waals surface area contributed by atoms with Gasteiger partial charge in [-0.05, 0) is 31.8 Å². The van der Waals surface area contributed by atoms with Crippen LogP contribution < -0.4 is 5.32 Å². The molecule has 2 aromatic rings. The van der Waals surface area contributed by atoms with Crippen LogP contribution in [0, 0.1) is 0 Å². The van der Waals surface area contributed by atoms with E-state index in [1.54, 1.807) is 6.20 Å². The molecule has 1 heterocycles. The lowest BCUT2D eigenvalue weighted by atomic mass is 10.2. The lowest BCUT2D eigenvalue weighted by molar-refractivity contribution is 0.328. The Balaban J connectivity index is 1.95. The smallest absolute Gasteiger partial charge is 0.0991 e. The molecule has 4 nitrogen and oxygen atoms in total. The van der Waals surface area contributed by atoms with Crippen molar-refractivity contribution in [2.75, 3.05) is 27.2 Å². The van der Waals surface area contributed by atoms with Crippen LogP contribution in [0.15, 0.2) is 43.0 Å². The van der Waals surface area contributed by atoms with Gasteiger partial charge in [0, 0.05) is 37.7 Å². The Morgan fingerprint density at radius 1 is 1.28 bits per heavy atom. The normalized spacial score (nSPS) is 11.1. The molecule has 0 saturated carbocycles. The van der Waals surface area contributed by atoms with Gasteiger partial charge in [0.2, 0.25) is 0 Å². The van der Waals surface area contributed by atoms with Crippen molar-refractivity contribution in [3.05, 3.63) is 48.5 Å². The quantitative estimate of drug-likeness (QED) is 0.836. The van der Waals surface area contributed by atoms with E-state index in [1.807, 2.05) is 24.1 Å². The van der Waals surface area contributed by atoms with Gasteiger partial charge in [-0.3, -0.25) is 0 Å². The van der Waals surface area contributed by atoms with Gasteiger partial charge in [0.1, 0.15) is 0 Å². The van der Waals surface area contributed by atoms with Gasteiger partial charge in [-0.25, -0.2) is 4.98 Å². The van der Waals surface area contributed by atoms with Gasteiger partial charge in [-0.15, -0.1) is 0 Å². The second-order valence-electron chi connectivity index (χ2n) is 4.48. The summed E-state index contributed by atoms with van der Waals surface area (Å²) in [5.41, 5.74) is 2.48. The Labute approximate surface area is 108 Å². The van der Waals surface area contributed by atoms with E-state index in [1.165, 1.54) is 5.56 Å². The van der Waals surface area contributed by atoms with Crippen LogP contribution in [-0.2, 0) is 6.54 Å². The maximum Gasteiger partial charge on any atom is 0.0991 e. The minimum Gasteiger partial charge on any atom is -0.318 e. The van der Waals surface area contributed by atoms with Crippen molar-refractivity contribution >= 4 is 0 Å². The third-order valence-corrected chi connectivity index (χ3v) is 2.93. The molecule has 0 saturated heterocycles. The number of nitrogens with zero attached hydrogens (tertiary/aromatic N) is 3. The van der Waals surface area contributed by atoms with E-state index in [2.05, 4.69) is 46.5 Å². The van der Waals surface area contributed by atoms with Crippen molar-refractivity contribution < 1.29 is 0 Å². The highest BCUT2D eigenvalue weighted by molar-refractivity contribution is 5.34. The third-order valence-electron chi connectivity index (χ3n) is 2.93. The molecule has 4 heteroatoms. The van der Waals surface area contributed by atoms with E-state index in [0.717, 1.165) is 25.3 Å². The molecular formula is C14H20N4. The number of likely N-dealkylation sites (N-methyl/N-ethyl adjacent to an activating group) is 2. The summed E-state index contributed by atoms with van der Waals surface area (Å²) in [6.07, 6.45) is 5.56. The Morgan fingerprint density at radius 3 is 2.67 bits per heavy atom. The lowest BCUT2D eigenvalue weighted by Crippen LogP contribution is -2.26. The highest BCUT2D eigenvalue weighted by atomic mass is 15.1. The van der Waals surface area contributed by atoms with Crippen LogP contribution in [0.25, 0.3) is 5.69 Å². The number of nitrogens with one attached hydrogen (secondary N) is 1. The highest BCUT2D eigenvalue weighted by Crippen LogP contribution is 2.10. The van der Waals surface area contributed by atoms with Crippen LogP contribution in [0.2, 0.25) is 0 Å². The molecule has 2 rings (SSSR count). The fourth-order valence-corrected chi connectivity index (χ4v) is 1.88. The molecule has 0 spiro atoms. The molecule has 0 bridgehead atoms. The summed E-state index contributed by atoms with van der Waals surface area (Å²) >= 11 is 0. The van der Waals surface area contributed by atoms with Crippen LogP contribution in [0.4, 0.5) is 0 Å². The number of aromatic nitrogens is 2. The second-order valence-corrected chi connectivity index (χ2v) is 4.48. The first-order valence-corrected chi connectivity index (χ1v) is 6.20. The Morgan fingerprint density at radius 2 is 2.06 bits per heavy atom. The number of rotatable bonds is 6. The fraction of sp³-hybridized carbons (Fsp3) is 0.357. The van der Waals surface area contributed by atoms with E-state index in [0.29, 0.717) is 0 Å². The SMILES string of the molecule is CNCCN(C)Cc1ccc(-n2ccnc2)cc1. The average molecular weight is 244 g/mol. The van der Waals surface area contributed by atoms with Crippen LogP contribution in [0.3, 0.4) is 0 Å². The van der Waals surface area contributed by atoms with Crippen LogP contribution in [-0.4, -0.2) is 41.6 Å². The van der Waals surface area contributed by atoms with E-state index in [-0.39, 0.29) is 0 Å². The molecule has 1 aromatic heterocycles.